The number of rotatable bonds is 13. The molecule has 2 aromatic heterocycles. The average Bonchev–Trinajstić information content (AvgIpc) is 3.12. The first kappa shape index (κ1) is 31.7. The SMILES string of the molecule is CC(CC[n+]1ccc(N=Nc2ccccc2)cc1)C(=O)c1ccc(C(=O)N(C)CC[n+]2ccccc2N=Nc2ccccc2)cc1. The summed E-state index contributed by atoms with van der Waals surface area (Å²) < 4.78 is 3.99. The van der Waals surface area contributed by atoms with Crippen LogP contribution in [0.5, 0.6) is 0 Å². The summed E-state index contributed by atoms with van der Waals surface area (Å²) in [4.78, 5) is 28.0. The van der Waals surface area contributed by atoms with Crippen LogP contribution in [0.3, 0.4) is 0 Å². The molecule has 230 valence electrons. The molecule has 0 saturated heterocycles. The van der Waals surface area contributed by atoms with Gasteiger partial charge >= 0.3 is 5.82 Å². The zero-order valence-corrected chi connectivity index (χ0v) is 26.1. The van der Waals surface area contributed by atoms with Gasteiger partial charge in [0.15, 0.2) is 18.2 Å². The minimum absolute atomic E-state index is 0.0545. The zero-order chi connectivity index (χ0) is 32.1. The van der Waals surface area contributed by atoms with Crippen LogP contribution in [0, 0.1) is 5.92 Å². The molecule has 0 radical (unpaired) electrons. The summed E-state index contributed by atoms with van der Waals surface area (Å²) >= 11 is 0. The lowest BCUT2D eigenvalue weighted by Gasteiger charge is -2.17. The van der Waals surface area contributed by atoms with Gasteiger partial charge in [-0.15, -0.1) is 0 Å². The number of nitrogens with zero attached hydrogens (tertiary/aromatic N) is 7. The van der Waals surface area contributed by atoms with Gasteiger partial charge in [0.25, 0.3) is 5.91 Å². The van der Waals surface area contributed by atoms with Crippen molar-refractivity contribution in [3.05, 3.63) is 145 Å². The Morgan fingerprint density at radius 3 is 1.80 bits per heavy atom. The van der Waals surface area contributed by atoms with Gasteiger partial charge in [-0.2, -0.15) is 10.2 Å². The number of hydrogen-bond acceptors (Lipinski definition) is 6. The number of benzene rings is 3. The Hall–Kier alpha value is -5.70. The molecule has 46 heavy (non-hydrogen) atoms. The average molecular weight is 612 g/mol. The number of carbonyl (C=O) groups is 2. The number of carbonyl (C=O) groups excluding carboxylic acids is 2. The van der Waals surface area contributed by atoms with Crippen molar-refractivity contribution >= 4 is 34.6 Å². The van der Waals surface area contributed by atoms with E-state index in [0.717, 1.165) is 17.1 Å². The molecular weight excluding hydrogens is 574 g/mol. The van der Waals surface area contributed by atoms with E-state index in [-0.39, 0.29) is 17.6 Å². The summed E-state index contributed by atoms with van der Waals surface area (Å²) in [7, 11) is 1.77. The van der Waals surface area contributed by atoms with Gasteiger partial charge in [0.1, 0.15) is 18.8 Å². The van der Waals surface area contributed by atoms with Crippen LogP contribution in [-0.2, 0) is 13.1 Å². The van der Waals surface area contributed by atoms with E-state index in [2.05, 4.69) is 20.5 Å². The molecule has 3 aromatic carbocycles. The fourth-order valence-corrected chi connectivity index (χ4v) is 4.74. The summed E-state index contributed by atoms with van der Waals surface area (Å²) in [5.74, 6) is 0.466. The van der Waals surface area contributed by atoms with Crippen molar-refractivity contribution in [3.63, 3.8) is 0 Å². The van der Waals surface area contributed by atoms with Gasteiger partial charge < -0.3 is 4.90 Å². The van der Waals surface area contributed by atoms with Gasteiger partial charge in [-0.25, -0.2) is 9.13 Å². The van der Waals surface area contributed by atoms with E-state index in [1.807, 2.05) is 126 Å². The lowest BCUT2D eigenvalue weighted by molar-refractivity contribution is -0.697. The van der Waals surface area contributed by atoms with Crippen molar-refractivity contribution in [1.29, 1.82) is 0 Å². The molecule has 0 aliphatic heterocycles. The highest BCUT2D eigenvalue weighted by molar-refractivity contribution is 5.99. The van der Waals surface area contributed by atoms with Crippen molar-refractivity contribution in [1.82, 2.24) is 4.90 Å². The normalized spacial score (nSPS) is 12.0. The fraction of sp³-hybridized carbons (Fsp3) is 0.189. The summed E-state index contributed by atoms with van der Waals surface area (Å²) in [5, 5.41) is 17.2. The number of Topliss-reactive ketones (excluding diaryl/α,β-unsaturated/α-hetero) is 1. The molecule has 0 aliphatic rings. The third kappa shape index (κ3) is 8.92. The molecule has 0 N–H and O–H groups in total. The van der Waals surface area contributed by atoms with E-state index in [9.17, 15) is 9.59 Å². The number of ketones is 1. The monoisotopic (exact) mass is 611 g/mol. The molecule has 9 nitrogen and oxygen atoms in total. The van der Waals surface area contributed by atoms with Gasteiger partial charge in [-0.3, -0.25) is 9.59 Å². The van der Waals surface area contributed by atoms with Gasteiger partial charge in [0.05, 0.1) is 29.2 Å². The van der Waals surface area contributed by atoms with Crippen LogP contribution in [0.4, 0.5) is 22.9 Å². The predicted molar refractivity (Wildman–Crippen MR) is 176 cm³/mol. The van der Waals surface area contributed by atoms with Crippen molar-refractivity contribution in [2.75, 3.05) is 13.6 Å². The number of amides is 1. The lowest BCUT2D eigenvalue weighted by Crippen LogP contribution is -2.41. The van der Waals surface area contributed by atoms with Crippen molar-refractivity contribution < 1.29 is 18.7 Å². The second-order valence-electron chi connectivity index (χ2n) is 11.0. The maximum atomic E-state index is 13.1. The van der Waals surface area contributed by atoms with Crippen LogP contribution >= 0.6 is 0 Å². The van der Waals surface area contributed by atoms with Crippen molar-refractivity contribution in [2.45, 2.75) is 26.4 Å². The number of likely N-dealkylation sites (N-methyl/N-ethyl adjacent to an activating group) is 1. The number of azo groups is 2. The first-order valence-electron chi connectivity index (χ1n) is 15.3. The Morgan fingerprint density at radius 2 is 1.17 bits per heavy atom. The summed E-state index contributed by atoms with van der Waals surface area (Å²) in [5.41, 5.74) is 3.47. The minimum atomic E-state index is -0.176. The Kier molecular flexibility index (Phi) is 10.9. The van der Waals surface area contributed by atoms with Crippen molar-refractivity contribution in [2.24, 2.45) is 26.4 Å². The molecular formula is C37H37N7O2+2. The molecule has 0 spiro atoms. The molecule has 2 heterocycles. The van der Waals surface area contributed by atoms with Crippen molar-refractivity contribution in [3.8, 4) is 0 Å². The van der Waals surface area contributed by atoms with Gasteiger partial charge in [-0.05, 0) is 47.6 Å². The van der Waals surface area contributed by atoms with E-state index < -0.39 is 0 Å². The first-order valence-corrected chi connectivity index (χ1v) is 15.3. The topological polar surface area (TPSA) is 94.6 Å². The van der Waals surface area contributed by atoms with Crippen LogP contribution in [0.2, 0.25) is 0 Å². The Labute approximate surface area is 269 Å². The molecule has 0 bridgehead atoms. The second kappa shape index (κ2) is 15.9. The van der Waals surface area contributed by atoms with Gasteiger partial charge in [0.2, 0.25) is 0 Å². The second-order valence-corrected chi connectivity index (χ2v) is 11.0. The molecule has 1 amide bonds. The molecule has 1 atom stereocenters. The molecule has 0 fully saturated rings. The van der Waals surface area contributed by atoms with Gasteiger partial charge in [0, 0.05) is 48.7 Å². The Balaban J connectivity index is 1.10. The van der Waals surface area contributed by atoms with E-state index in [4.69, 9.17) is 0 Å². The zero-order valence-electron chi connectivity index (χ0n) is 26.1. The molecule has 5 aromatic rings. The van der Waals surface area contributed by atoms with Gasteiger partial charge in [-0.1, -0.05) is 61.5 Å². The van der Waals surface area contributed by atoms with E-state index in [1.165, 1.54) is 0 Å². The summed E-state index contributed by atoms with van der Waals surface area (Å²) in [6.45, 7) is 3.67. The van der Waals surface area contributed by atoms with E-state index >= 15 is 0 Å². The molecule has 9 heteroatoms. The highest BCUT2D eigenvalue weighted by atomic mass is 16.2. The number of pyridine rings is 2. The molecule has 0 aliphatic carbocycles. The fourth-order valence-electron chi connectivity index (χ4n) is 4.74. The van der Waals surface area contributed by atoms with Crippen LogP contribution in [-0.4, -0.2) is 30.2 Å². The minimum Gasteiger partial charge on any atom is -0.338 e. The maximum Gasteiger partial charge on any atom is 0.350 e. The predicted octanol–water partition coefficient (Wildman–Crippen LogP) is 7.77. The number of aryl methyl sites for hydroxylation is 1. The first-order chi connectivity index (χ1) is 22.5. The molecule has 0 saturated carbocycles. The lowest BCUT2D eigenvalue weighted by atomic mass is 9.95. The van der Waals surface area contributed by atoms with Crippen LogP contribution in [0.25, 0.3) is 0 Å². The van der Waals surface area contributed by atoms with Crippen LogP contribution < -0.4 is 9.13 Å². The summed E-state index contributed by atoms with van der Waals surface area (Å²) in [6.07, 6.45) is 6.49. The highest BCUT2D eigenvalue weighted by Gasteiger charge is 2.19. The number of aromatic nitrogens is 2. The van der Waals surface area contributed by atoms with Crippen LogP contribution in [0.15, 0.2) is 154 Å². The third-order valence-corrected chi connectivity index (χ3v) is 7.56. The smallest absolute Gasteiger partial charge is 0.338 e. The largest absolute Gasteiger partial charge is 0.350 e. The quantitative estimate of drug-likeness (QED) is 0.0773. The third-order valence-electron chi connectivity index (χ3n) is 7.56. The molecule has 1 unspecified atom stereocenters. The maximum absolute atomic E-state index is 13.1. The standard InChI is InChI=1S/C37H37N7O2/c1-29(20-24-43-25-21-34(22-26-43)39-38-32-11-5-3-6-12-32)36(45)30-16-18-31(19-17-30)37(46)42(2)27-28-44-23-10-9-15-35(44)41-40-33-13-7-4-8-14-33/h3-19,21-23,25-26,29H,20,24,27-28H2,1-2H3/q+2. The van der Waals surface area contributed by atoms with Crippen LogP contribution in [0.1, 0.15) is 34.1 Å². The van der Waals surface area contributed by atoms with E-state index in [1.54, 1.807) is 36.2 Å². The number of hydrogen-bond donors (Lipinski definition) is 0. The summed E-state index contributed by atoms with van der Waals surface area (Å²) in [6, 6.07) is 35.6. The van der Waals surface area contributed by atoms with E-state index in [0.29, 0.717) is 43.0 Å². The Bertz CT molecular complexity index is 1790. The Morgan fingerprint density at radius 1 is 0.630 bits per heavy atom. The highest BCUT2D eigenvalue weighted by Crippen LogP contribution is 2.18. The molecule has 5 rings (SSSR count).